The van der Waals surface area contributed by atoms with E-state index < -0.39 is 15.9 Å². The second kappa shape index (κ2) is 8.73. The van der Waals surface area contributed by atoms with Crippen LogP contribution in [0.25, 0.3) is 0 Å². The number of nitrogens with one attached hydrogen (secondary N) is 1. The number of sulfonamides is 1. The summed E-state index contributed by atoms with van der Waals surface area (Å²) in [6, 6.07) is 18.8. The van der Waals surface area contributed by atoms with Gasteiger partial charge in [-0.05, 0) is 55.3 Å². The van der Waals surface area contributed by atoms with Gasteiger partial charge in [0.25, 0.3) is 5.91 Å². The first kappa shape index (κ1) is 20.2. The Morgan fingerprint density at radius 3 is 2.53 bits per heavy atom. The van der Waals surface area contributed by atoms with E-state index in [0.717, 1.165) is 12.8 Å². The number of hydrogen-bond donors (Lipinski definition) is 1. The van der Waals surface area contributed by atoms with Crippen molar-refractivity contribution >= 4 is 21.6 Å². The molecule has 4 rings (SSSR count). The summed E-state index contributed by atoms with van der Waals surface area (Å²) in [5.74, 6) is 0.872. The molecule has 1 saturated heterocycles. The van der Waals surface area contributed by atoms with Gasteiger partial charge in [-0.15, -0.1) is 0 Å². The SMILES string of the molecule is O=C(Nc1cccc(S(=O)(=O)N2CCCC2)c1)c1ccc(COc2ccccc2)o1. The lowest BCUT2D eigenvalue weighted by Crippen LogP contribution is -2.27. The molecule has 0 radical (unpaired) electrons. The Balaban J connectivity index is 1.41. The number of para-hydroxylation sites is 1. The molecule has 0 saturated carbocycles. The maximum absolute atomic E-state index is 12.7. The van der Waals surface area contributed by atoms with Crippen molar-refractivity contribution in [3.8, 4) is 5.75 Å². The van der Waals surface area contributed by atoms with Gasteiger partial charge in [0.15, 0.2) is 5.76 Å². The van der Waals surface area contributed by atoms with Crippen molar-refractivity contribution in [2.45, 2.75) is 24.3 Å². The first-order valence-electron chi connectivity index (χ1n) is 9.70. The van der Waals surface area contributed by atoms with Crippen LogP contribution in [0, 0.1) is 0 Å². The summed E-state index contributed by atoms with van der Waals surface area (Å²) in [5.41, 5.74) is 0.388. The Morgan fingerprint density at radius 2 is 1.77 bits per heavy atom. The number of hydrogen-bond acceptors (Lipinski definition) is 5. The molecule has 156 valence electrons. The molecule has 1 aliphatic heterocycles. The number of amides is 1. The number of carbonyl (C=O) groups is 1. The quantitative estimate of drug-likeness (QED) is 0.619. The lowest BCUT2D eigenvalue weighted by Gasteiger charge is -2.16. The minimum absolute atomic E-state index is 0.120. The zero-order chi connectivity index (χ0) is 21.0. The number of rotatable bonds is 7. The highest BCUT2D eigenvalue weighted by atomic mass is 32.2. The molecular weight excluding hydrogens is 404 g/mol. The summed E-state index contributed by atoms with van der Waals surface area (Å²) < 4.78 is 38.1. The normalized spacial score (nSPS) is 14.5. The molecule has 3 aromatic rings. The number of carbonyl (C=O) groups excluding carboxylic acids is 1. The van der Waals surface area contributed by atoms with E-state index in [4.69, 9.17) is 9.15 Å². The fraction of sp³-hybridized carbons (Fsp3) is 0.227. The van der Waals surface area contributed by atoms with E-state index in [1.165, 1.54) is 16.4 Å². The van der Waals surface area contributed by atoms with Gasteiger partial charge in [0.1, 0.15) is 18.1 Å². The molecule has 2 heterocycles. The Kier molecular flexibility index (Phi) is 5.87. The number of anilines is 1. The maximum Gasteiger partial charge on any atom is 0.291 e. The summed E-state index contributed by atoms with van der Waals surface area (Å²) in [7, 11) is -3.55. The second-order valence-electron chi connectivity index (χ2n) is 6.96. The number of ether oxygens (including phenoxy) is 1. The molecule has 0 bridgehead atoms. The summed E-state index contributed by atoms with van der Waals surface area (Å²) >= 11 is 0. The largest absolute Gasteiger partial charge is 0.486 e. The van der Waals surface area contributed by atoms with E-state index in [2.05, 4.69) is 5.32 Å². The average Bonchev–Trinajstić information content (AvgIpc) is 3.46. The van der Waals surface area contributed by atoms with Crippen molar-refractivity contribution in [1.82, 2.24) is 4.31 Å². The number of furan rings is 1. The van der Waals surface area contributed by atoms with Gasteiger partial charge in [-0.1, -0.05) is 24.3 Å². The standard InChI is InChI=1S/C22H22N2O5S/c25-22(21-12-11-19(29-21)16-28-18-8-2-1-3-9-18)23-17-7-6-10-20(15-17)30(26,27)24-13-4-5-14-24/h1-3,6-12,15H,4-5,13-14,16H2,(H,23,25). The highest BCUT2D eigenvalue weighted by Gasteiger charge is 2.27. The third-order valence-electron chi connectivity index (χ3n) is 4.80. The van der Waals surface area contributed by atoms with Crippen molar-refractivity contribution in [3.05, 3.63) is 78.3 Å². The topological polar surface area (TPSA) is 88.9 Å². The van der Waals surface area contributed by atoms with Crippen molar-refractivity contribution in [2.24, 2.45) is 0 Å². The molecule has 2 aromatic carbocycles. The smallest absolute Gasteiger partial charge is 0.291 e. The summed E-state index contributed by atoms with van der Waals surface area (Å²) in [5, 5.41) is 2.69. The van der Waals surface area contributed by atoms with Gasteiger partial charge < -0.3 is 14.5 Å². The van der Waals surface area contributed by atoms with Gasteiger partial charge in [-0.25, -0.2) is 8.42 Å². The van der Waals surface area contributed by atoms with Crippen LogP contribution in [0.5, 0.6) is 5.75 Å². The van der Waals surface area contributed by atoms with Crippen LogP contribution in [0.2, 0.25) is 0 Å². The zero-order valence-electron chi connectivity index (χ0n) is 16.3. The fourth-order valence-electron chi connectivity index (χ4n) is 3.25. The van der Waals surface area contributed by atoms with E-state index in [9.17, 15) is 13.2 Å². The molecule has 8 heteroatoms. The first-order chi connectivity index (χ1) is 14.5. The molecular formula is C22H22N2O5S. The Hall–Kier alpha value is -3.10. The van der Waals surface area contributed by atoms with Gasteiger partial charge in [0.05, 0.1) is 4.90 Å². The Labute approximate surface area is 175 Å². The van der Waals surface area contributed by atoms with Crippen LogP contribution >= 0.6 is 0 Å². The van der Waals surface area contributed by atoms with Crippen molar-refractivity contribution in [2.75, 3.05) is 18.4 Å². The molecule has 0 aliphatic carbocycles. The van der Waals surface area contributed by atoms with Crippen LogP contribution in [0.15, 0.2) is 76.0 Å². The van der Waals surface area contributed by atoms with Crippen molar-refractivity contribution in [1.29, 1.82) is 0 Å². The monoisotopic (exact) mass is 426 g/mol. The molecule has 1 fully saturated rings. The lowest BCUT2D eigenvalue weighted by molar-refractivity contribution is 0.0992. The molecule has 1 amide bonds. The fourth-order valence-corrected chi connectivity index (χ4v) is 4.82. The third kappa shape index (κ3) is 4.55. The van der Waals surface area contributed by atoms with Crippen molar-refractivity contribution < 1.29 is 22.4 Å². The Morgan fingerprint density at radius 1 is 1.00 bits per heavy atom. The predicted octanol–water partition coefficient (Wildman–Crippen LogP) is 3.90. The third-order valence-corrected chi connectivity index (χ3v) is 6.70. The maximum atomic E-state index is 12.7. The minimum atomic E-state index is -3.55. The van der Waals surface area contributed by atoms with Crippen LogP contribution < -0.4 is 10.1 Å². The molecule has 7 nitrogen and oxygen atoms in total. The van der Waals surface area contributed by atoms with Crippen LogP contribution in [0.1, 0.15) is 29.2 Å². The average molecular weight is 426 g/mol. The van der Waals surface area contributed by atoms with Gasteiger partial charge in [-0.3, -0.25) is 4.79 Å². The van der Waals surface area contributed by atoms with E-state index in [1.54, 1.807) is 24.3 Å². The molecule has 0 atom stereocenters. The summed E-state index contributed by atoms with van der Waals surface area (Å²) in [6.07, 6.45) is 1.73. The van der Waals surface area contributed by atoms with Gasteiger partial charge in [0.2, 0.25) is 10.0 Å². The minimum Gasteiger partial charge on any atom is -0.486 e. The highest BCUT2D eigenvalue weighted by Crippen LogP contribution is 2.23. The lowest BCUT2D eigenvalue weighted by atomic mass is 10.3. The van der Waals surface area contributed by atoms with Gasteiger partial charge >= 0.3 is 0 Å². The van der Waals surface area contributed by atoms with Gasteiger partial charge in [-0.2, -0.15) is 4.31 Å². The molecule has 1 aromatic heterocycles. The molecule has 0 unspecified atom stereocenters. The second-order valence-corrected chi connectivity index (χ2v) is 8.90. The van der Waals surface area contributed by atoms with Crippen LogP contribution in [-0.2, 0) is 16.6 Å². The first-order valence-corrected chi connectivity index (χ1v) is 11.1. The molecule has 0 spiro atoms. The highest BCUT2D eigenvalue weighted by molar-refractivity contribution is 7.89. The molecule has 30 heavy (non-hydrogen) atoms. The van der Waals surface area contributed by atoms with Crippen molar-refractivity contribution in [3.63, 3.8) is 0 Å². The zero-order valence-corrected chi connectivity index (χ0v) is 17.1. The summed E-state index contributed by atoms with van der Waals surface area (Å²) in [6.45, 7) is 1.25. The van der Waals surface area contributed by atoms with E-state index in [0.29, 0.717) is 30.3 Å². The molecule has 1 aliphatic rings. The van der Waals surface area contributed by atoms with E-state index in [1.807, 2.05) is 30.3 Å². The number of benzene rings is 2. The number of nitrogens with zero attached hydrogens (tertiary/aromatic N) is 1. The van der Waals surface area contributed by atoms with Crippen LogP contribution in [0.4, 0.5) is 5.69 Å². The van der Waals surface area contributed by atoms with E-state index in [-0.39, 0.29) is 17.3 Å². The summed E-state index contributed by atoms with van der Waals surface area (Å²) in [4.78, 5) is 12.7. The molecule has 1 N–H and O–H groups in total. The van der Waals surface area contributed by atoms with E-state index >= 15 is 0 Å². The van der Waals surface area contributed by atoms with Crippen LogP contribution in [-0.4, -0.2) is 31.7 Å². The van der Waals surface area contributed by atoms with Gasteiger partial charge in [0, 0.05) is 18.8 Å². The van der Waals surface area contributed by atoms with Crippen LogP contribution in [0.3, 0.4) is 0 Å². The Bertz CT molecular complexity index is 1120. The predicted molar refractivity (Wildman–Crippen MR) is 112 cm³/mol.